The van der Waals surface area contributed by atoms with Gasteiger partial charge in [0.25, 0.3) is 0 Å². The lowest BCUT2D eigenvalue weighted by molar-refractivity contribution is 0.410. The summed E-state index contributed by atoms with van der Waals surface area (Å²) >= 11 is 0. The quantitative estimate of drug-likeness (QED) is 0.847. The van der Waals surface area contributed by atoms with Crippen molar-refractivity contribution < 1.29 is 4.42 Å². The summed E-state index contributed by atoms with van der Waals surface area (Å²) < 4.78 is 5.98. The van der Waals surface area contributed by atoms with Gasteiger partial charge in [-0.25, -0.2) is 0 Å². The fourth-order valence-corrected chi connectivity index (χ4v) is 3.19. The molecule has 1 aromatic heterocycles. The van der Waals surface area contributed by atoms with Gasteiger partial charge in [0, 0.05) is 18.7 Å². The first-order chi connectivity index (χ1) is 10.7. The van der Waals surface area contributed by atoms with E-state index in [2.05, 4.69) is 16.0 Å². The zero-order valence-electron chi connectivity index (χ0n) is 13.2. The second kappa shape index (κ2) is 6.23. The average Bonchev–Trinajstić information content (AvgIpc) is 2.99. The molecular weight excluding hydrogens is 274 g/mol. The van der Waals surface area contributed by atoms with Crippen LogP contribution in [0.15, 0.2) is 28.7 Å². The highest BCUT2D eigenvalue weighted by Gasteiger charge is 2.25. The van der Waals surface area contributed by atoms with Crippen molar-refractivity contribution in [3.05, 3.63) is 35.5 Å². The average molecular weight is 295 g/mol. The number of hydrogen-bond acceptors (Lipinski definition) is 4. The Kier molecular flexibility index (Phi) is 4.15. The van der Waals surface area contributed by atoms with Crippen LogP contribution in [-0.2, 0) is 0 Å². The molecule has 22 heavy (non-hydrogen) atoms. The van der Waals surface area contributed by atoms with Gasteiger partial charge in [-0.2, -0.15) is 10.2 Å². The van der Waals surface area contributed by atoms with Crippen molar-refractivity contribution in [3.63, 3.8) is 0 Å². The van der Waals surface area contributed by atoms with Crippen molar-refractivity contribution in [3.8, 4) is 17.5 Å². The molecule has 3 rings (SSSR count). The van der Waals surface area contributed by atoms with Crippen LogP contribution in [0.1, 0.15) is 43.4 Å². The van der Waals surface area contributed by atoms with Crippen LogP contribution >= 0.6 is 0 Å². The second-order valence-corrected chi connectivity index (χ2v) is 6.00. The molecule has 0 radical (unpaired) electrons. The van der Waals surface area contributed by atoms with Crippen LogP contribution in [-0.4, -0.2) is 18.1 Å². The Bertz CT molecular complexity index is 693. The fraction of sp³-hybridized carbons (Fsp3) is 0.444. The van der Waals surface area contributed by atoms with Gasteiger partial charge in [0.1, 0.15) is 6.07 Å². The summed E-state index contributed by atoms with van der Waals surface area (Å²) in [6.45, 7) is 2.02. The molecule has 0 saturated heterocycles. The van der Waals surface area contributed by atoms with Crippen molar-refractivity contribution in [2.45, 2.75) is 45.1 Å². The molecular formula is C18H21N3O. The normalized spacial score (nSPS) is 15.5. The molecule has 0 atom stereocenters. The van der Waals surface area contributed by atoms with Crippen LogP contribution in [0, 0.1) is 18.3 Å². The Labute approximate surface area is 131 Å². The molecule has 1 fully saturated rings. The van der Waals surface area contributed by atoms with E-state index in [0.29, 0.717) is 23.5 Å². The maximum atomic E-state index is 9.40. The molecule has 1 aliphatic rings. The highest BCUT2D eigenvalue weighted by molar-refractivity contribution is 5.62. The monoisotopic (exact) mass is 295 g/mol. The van der Waals surface area contributed by atoms with Gasteiger partial charge in [-0.3, -0.25) is 0 Å². The molecule has 1 heterocycles. The predicted octanol–water partition coefficient (Wildman–Crippen LogP) is 4.29. The standard InChI is InChI=1S/C18H21N3O/c1-13-8-6-7-11-15(13)17-20-16(12-19)18(22-17)21(2)14-9-4-3-5-10-14/h6-8,11,14H,3-5,9-10H2,1-2H3. The van der Waals surface area contributed by atoms with Gasteiger partial charge in [-0.05, 0) is 31.4 Å². The summed E-state index contributed by atoms with van der Waals surface area (Å²) in [7, 11) is 2.01. The van der Waals surface area contributed by atoms with Crippen LogP contribution in [0.25, 0.3) is 11.5 Å². The molecule has 0 bridgehead atoms. The van der Waals surface area contributed by atoms with Crippen LogP contribution < -0.4 is 4.90 Å². The summed E-state index contributed by atoms with van der Waals surface area (Å²) in [6.07, 6.45) is 6.11. The molecule has 1 saturated carbocycles. The zero-order valence-corrected chi connectivity index (χ0v) is 13.2. The van der Waals surface area contributed by atoms with Crippen molar-refractivity contribution in [2.24, 2.45) is 0 Å². The van der Waals surface area contributed by atoms with Gasteiger partial charge in [-0.1, -0.05) is 37.5 Å². The van der Waals surface area contributed by atoms with Crippen LogP contribution in [0.3, 0.4) is 0 Å². The smallest absolute Gasteiger partial charge is 0.235 e. The first kappa shape index (κ1) is 14.6. The van der Waals surface area contributed by atoms with Gasteiger partial charge >= 0.3 is 0 Å². The Morgan fingerprint density at radius 2 is 1.95 bits per heavy atom. The highest BCUT2D eigenvalue weighted by Crippen LogP contribution is 2.32. The molecule has 0 aliphatic heterocycles. The van der Waals surface area contributed by atoms with E-state index >= 15 is 0 Å². The predicted molar refractivity (Wildman–Crippen MR) is 86.7 cm³/mol. The SMILES string of the molecule is Cc1ccccc1-c1nc(C#N)c(N(C)C2CCCCC2)o1. The number of aromatic nitrogens is 1. The summed E-state index contributed by atoms with van der Waals surface area (Å²) in [4.78, 5) is 6.51. The summed E-state index contributed by atoms with van der Waals surface area (Å²) in [5.74, 6) is 1.14. The third-order valence-corrected chi connectivity index (χ3v) is 4.53. The van der Waals surface area contributed by atoms with Crippen LogP contribution in [0.5, 0.6) is 0 Å². The van der Waals surface area contributed by atoms with E-state index in [1.54, 1.807) is 0 Å². The van der Waals surface area contributed by atoms with E-state index in [0.717, 1.165) is 24.0 Å². The molecule has 0 amide bonds. The van der Waals surface area contributed by atoms with E-state index in [1.807, 2.05) is 38.2 Å². The molecule has 1 aromatic carbocycles. The minimum Gasteiger partial charge on any atom is -0.419 e. The van der Waals surface area contributed by atoms with Gasteiger partial charge in [0.2, 0.25) is 17.5 Å². The number of hydrogen-bond donors (Lipinski definition) is 0. The molecule has 4 heteroatoms. The Morgan fingerprint density at radius 3 is 2.64 bits per heavy atom. The fourth-order valence-electron chi connectivity index (χ4n) is 3.19. The number of rotatable bonds is 3. The second-order valence-electron chi connectivity index (χ2n) is 6.00. The van der Waals surface area contributed by atoms with E-state index < -0.39 is 0 Å². The topological polar surface area (TPSA) is 53.1 Å². The summed E-state index contributed by atoms with van der Waals surface area (Å²) in [6, 6.07) is 10.6. The zero-order chi connectivity index (χ0) is 15.5. The molecule has 0 unspecified atom stereocenters. The summed E-state index contributed by atoms with van der Waals surface area (Å²) in [5, 5.41) is 9.40. The molecule has 0 spiro atoms. The maximum Gasteiger partial charge on any atom is 0.235 e. The molecule has 2 aromatic rings. The van der Waals surface area contributed by atoms with E-state index in [4.69, 9.17) is 4.42 Å². The third-order valence-electron chi connectivity index (χ3n) is 4.53. The van der Waals surface area contributed by atoms with Crippen molar-refractivity contribution in [1.29, 1.82) is 5.26 Å². The minimum absolute atomic E-state index is 0.381. The van der Waals surface area contributed by atoms with E-state index in [-0.39, 0.29) is 0 Å². The Morgan fingerprint density at radius 1 is 1.23 bits per heavy atom. The highest BCUT2D eigenvalue weighted by atomic mass is 16.4. The maximum absolute atomic E-state index is 9.40. The van der Waals surface area contributed by atoms with Crippen LogP contribution in [0.4, 0.5) is 5.88 Å². The van der Waals surface area contributed by atoms with Crippen molar-refractivity contribution in [2.75, 3.05) is 11.9 Å². The molecule has 114 valence electrons. The largest absolute Gasteiger partial charge is 0.419 e. The lowest BCUT2D eigenvalue weighted by Crippen LogP contribution is -2.33. The third kappa shape index (κ3) is 2.71. The van der Waals surface area contributed by atoms with Gasteiger partial charge in [0.15, 0.2) is 0 Å². The number of aryl methyl sites for hydroxylation is 1. The number of anilines is 1. The number of nitrogens with zero attached hydrogens (tertiary/aromatic N) is 3. The molecule has 0 N–H and O–H groups in total. The number of nitriles is 1. The Balaban J connectivity index is 1.95. The first-order valence-corrected chi connectivity index (χ1v) is 7.90. The lowest BCUT2D eigenvalue weighted by atomic mass is 9.94. The number of oxazole rings is 1. The molecule has 1 aliphatic carbocycles. The minimum atomic E-state index is 0.381. The molecule has 4 nitrogen and oxygen atoms in total. The van der Waals surface area contributed by atoms with Crippen LogP contribution in [0.2, 0.25) is 0 Å². The summed E-state index contributed by atoms with van der Waals surface area (Å²) in [5.41, 5.74) is 2.42. The van der Waals surface area contributed by atoms with Crippen molar-refractivity contribution in [1.82, 2.24) is 4.98 Å². The van der Waals surface area contributed by atoms with E-state index in [1.165, 1.54) is 19.3 Å². The van der Waals surface area contributed by atoms with Gasteiger partial charge in [-0.15, -0.1) is 0 Å². The van der Waals surface area contributed by atoms with E-state index in [9.17, 15) is 5.26 Å². The van der Waals surface area contributed by atoms with Crippen molar-refractivity contribution >= 4 is 5.88 Å². The Hall–Kier alpha value is -2.28. The van der Waals surface area contributed by atoms with Gasteiger partial charge in [0.05, 0.1) is 0 Å². The number of benzene rings is 1. The van der Waals surface area contributed by atoms with Gasteiger partial charge < -0.3 is 9.32 Å². The lowest BCUT2D eigenvalue weighted by Gasteiger charge is -2.30. The first-order valence-electron chi connectivity index (χ1n) is 7.90.